The zero-order chi connectivity index (χ0) is 17.9. The fourth-order valence-electron chi connectivity index (χ4n) is 2.37. The van der Waals surface area contributed by atoms with Gasteiger partial charge in [0.2, 0.25) is 0 Å². The lowest BCUT2D eigenvalue weighted by molar-refractivity contribution is 0.0783. The minimum Gasteiger partial charge on any atom is -0.340 e. The maximum absolute atomic E-state index is 12.5. The van der Waals surface area contributed by atoms with Crippen molar-refractivity contribution in [3.63, 3.8) is 0 Å². The standard InChI is InChI=1S/C18H26N4O2/c1-12(2)15(19)9-10-21(4)18(24)16-11-17(23)22(20-16)14-7-5-13(3)6-8-14/h5-8,11-12,15,20H,9-10,19H2,1-4H3. The maximum Gasteiger partial charge on any atom is 0.271 e. The van der Waals surface area contributed by atoms with E-state index < -0.39 is 0 Å². The number of H-pyrrole nitrogens is 1. The lowest BCUT2D eigenvalue weighted by Gasteiger charge is -2.21. The SMILES string of the molecule is Cc1ccc(-n2[nH]c(C(=O)N(C)CCC(N)C(C)C)cc2=O)cc1. The van der Waals surface area contributed by atoms with E-state index >= 15 is 0 Å². The Morgan fingerprint density at radius 2 is 1.92 bits per heavy atom. The normalized spacial score (nSPS) is 12.4. The van der Waals surface area contributed by atoms with Crippen LogP contribution in [0.5, 0.6) is 0 Å². The molecule has 0 aliphatic carbocycles. The molecule has 0 aliphatic rings. The van der Waals surface area contributed by atoms with Gasteiger partial charge in [-0.25, -0.2) is 4.68 Å². The van der Waals surface area contributed by atoms with Crippen LogP contribution < -0.4 is 11.3 Å². The third kappa shape index (κ3) is 4.14. The molecule has 3 N–H and O–H groups in total. The number of aromatic amines is 1. The van der Waals surface area contributed by atoms with Crippen molar-refractivity contribution < 1.29 is 4.79 Å². The van der Waals surface area contributed by atoms with Crippen molar-refractivity contribution in [3.05, 3.63) is 51.9 Å². The van der Waals surface area contributed by atoms with Crippen molar-refractivity contribution in [1.29, 1.82) is 0 Å². The summed E-state index contributed by atoms with van der Waals surface area (Å²) in [6, 6.07) is 8.91. The lowest BCUT2D eigenvalue weighted by Crippen LogP contribution is -2.34. The summed E-state index contributed by atoms with van der Waals surface area (Å²) >= 11 is 0. The molecule has 1 atom stereocenters. The zero-order valence-corrected chi connectivity index (χ0v) is 14.7. The third-order valence-corrected chi connectivity index (χ3v) is 4.24. The number of nitrogens with zero attached hydrogens (tertiary/aromatic N) is 2. The maximum atomic E-state index is 12.5. The number of aromatic nitrogens is 2. The van der Waals surface area contributed by atoms with Crippen LogP contribution in [-0.4, -0.2) is 40.2 Å². The highest BCUT2D eigenvalue weighted by Gasteiger charge is 2.17. The van der Waals surface area contributed by atoms with Gasteiger partial charge in [0.05, 0.1) is 5.69 Å². The van der Waals surface area contributed by atoms with Crippen LogP contribution in [0.1, 0.15) is 36.3 Å². The first-order chi connectivity index (χ1) is 11.3. The Labute approximate surface area is 142 Å². The van der Waals surface area contributed by atoms with Gasteiger partial charge in [-0.1, -0.05) is 31.5 Å². The van der Waals surface area contributed by atoms with Crippen molar-refractivity contribution in [3.8, 4) is 5.69 Å². The highest BCUT2D eigenvalue weighted by atomic mass is 16.2. The highest BCUT2D eigenvalue weighted by Crippen LogP contribution is 2.09. The van der Waals surface area contributed by atoms with Gasteiger partial charge >= 0.3 is 0 Å². The van der Waals surface area contributed by atoms with Crippen molar-refractivity contribution in [2.45, 2.75) is 33.2 Å². The van der Waals surface area contributed by atoms with Gasteiger partial charge in [0.25, 0.3) is 11.5 Å². The van der Waals surface area contributed by atoms with E-state index in [0.717, 1.165) is 12.0 Å². The Morgan fingerprint density at radius 3 is 2.50 bits per heavy atom. The monoisotopic (exact) mass is 330 g/mol. The molecule has 24 heavy (non-hydrogen) atoms. The summed E-state index contributed by atoms with van der Waals surface area (Å²) in [5.41, 5.74) is 7.85. The summed E-state index contributed by atoms with van der Waals surface area (Å²) in [6.07, 6.45) is 0.725. The van der Waals surface area contributed by atoms with Crippen LogP contribution in [-0.2, 0) is 0 Å². The van der Waals surface area contributed by atoms with Gasteiger partial charge in [0.1, 0.15) is 5.69 Å². The fourth-order valence-corrected chi connectivity index (χ4v) is 2.37. The number of benzene rings is 1. The summed E-state index contributed by atoms with van der Waals surface area (Å²) in [5, 5.41) is 2.89. The molecule has 0 fully saturated rings. The van der Waals surface area contributed by atoms with Crippen molar-refractivity contribution >= 4 is 5.91 Å². The van der Waals surface area contributed by atoms with Gasteiger partial charge in [-0.05, 0) is 31.4 Å². The molecule has 2 aromatic rings. The number of nitrogens with two attached hydrogens (primary N) is 1. The van der Waals surface area contributed by atoms with Crippen LogP contribution in [0.15, 0.2) is 35.1 Å². The summed E-state index contributed by atoms with van der Waals surface area (Å²) in [6.45, 7) is 6.65. The molecule has 2 rings (SSSR count). The number of hydrogen-bond donors (Lipinski definition) is 2. The minimum atomic E-state index is -0.255. The third-order valence-electron chi connectivity index (χ3n) is 4.24. The molecule has 1 amide bonds. The van der Waals surface area contributed by atoms with E-state index in [0.29, 0.717) is 18.2 Å². The number of rotatable bonds is 6. The number of carbonyl (C=O) groups excluding carboxylic acids is 1. The summed E-state index contributed by atoms with van der Waals surface area (Å²) < 4.78 is 1.38. The van der Waals surface area contributed by atoms with E-state index in [1.165, 1.54) is 10.7 Å². The number of nitrogens with one attached hydrogen (secondary N) is 1. The van der Waals surface area contributed by atoms with Crippen LogP contribution in [0.4, 0.5) is 0 Å². The van der Waals surface area contributed by atoms with E-state index in [9.17, 15) is 9.59 Å². The smallest absolute Gasteiger partial charge is 0.271 e. The Kier molecular flexibility index (Phi) is 5.62. The average Bonchev–Trinajstić information content (AvgIpc) is 2.93. The molecule has 0 aliphatic heterocycles. The van der Waals surface area contributed by atoms with Crippen LogP contribution >= 0.6 is 0 Å². The first-order valence-electron chi connectivity index (χ1n) is 8.19. The molecule has 1 heterocycles. The predicted octanol–water partition coefficient (Wildman–Crippen LogP) is 1.92. The van der Waals surface area contributed by atoms with Gasteiger partial charge in [-0.15, -0.1) is 0 Å². The van der Waals surface area contributed by atoms with E-state index in [4.69, 9.17) is 5.73 Å². The van der Waals surface area contributed by atoms with Crippen molar-refractivity contribution in [1.82, 2.24) is 14.7 Å². The highest BCUT2D eigenvalue weighted by molar-refractivity contribution is 5.92. The first-order valence-corrected chi connectivity index (χ1v) is 8.19. The minimum absolute atomic E-state index is 0.0523. The molecular formula is C18H26N4O2. The molecule has 1 unspecified atom stereocenters. The van der Waals surface area contributed by atoms with E-state index in [1.54, 1.807) is 11.9 Å². The molecule has 130 valence electrons. The zero-order valence-electron chi connectivity index (χ0n) is 14.7. The van der Waals surface area contributed by atoms with E-state index in [1.807, 2.05) is 31.2 Å². The van der Waals surface area contributed by atoms with E-state index in [2.05, 4.69) is 18.9 Å². The van der Waals surface area contributed by atoms with Crippen LogP contribution in [0, 0.1) is 12.8 Å². The summed E-state index contributed by atoms with van der Waals surface area (Å²) in [7, 11) is 1.72. The Hall–Kier alpha value is -2.34. The molecule has 0 saturated carbocycles. The predicted molar refractivity (Wildman–Crippen MR) is 95.5 cm³/mol. The molecule has 0 saturated heterocycles. The Morgan fingerprint density at radius 1 is 1.29 bits per heavy atom. The molecule has 6 nitrogen and oxygen atoms in total. The van der Waals surface area contributed by atoms with Crippen LogP contribution in [0.25, 0.3) is 5.69 Å². The topological polar surface area (TPSA) is 84.1 Å². The Balaban J connectivity index is 2.12. The molecule has 0 spiro atoms. The quantitative estimate of drug-likeness (QED) is 0.848. The first kappa shape index (κ1) is 18.0. The van der Waals surface area contributed by atoms with Crippen molar-refractivity contribution in [2.75, 3.05) is 13.6 Å². The molecular weight excluding hydrogens is 304 g/mol. The van der Waals surface area contributed by atoms with Crippen LogP contribution in [0.2, 0.25) is 0 Å². The van der Waals surface area contributed by atoms with Gasteiger partial charge < -0.3 is 10.6 Å². The van der Waals surface area contributed by atoms with Gasteiger partial charge in [0.15, 0.2) is 0 Å². The van der Waals surface area contributed by atoms with Crippen LogP contribution in [0.3, 0.4) is 0 Å². The molecule has 0 bridgehead atoms. The molecule has 6 heteroatoms. The fraction of sp³-hybridized carbons (Fsp3) is 0.444. The van der Waals surface area contributed by atoms with Crippen molar-refractivity contribution in [2.24, 2.45) is 11.7 Å². The Bertz CT molecular complexity index is 743. The van der Waals surface area contributed by atoms with Gasteiger partial charge in [-0.3, -0.25) is 14.7 Å². The second kappa shape index (κ2) is 7.49. The number of amides is 1. The number of carbonyl (C=O) groups is 1. The van der Waals surface area contributed by atoms with Gasteiger partial charge in [-0.2, -0.15) is 0 Å². The lowest BCUT2D eigenvalue weighted by atomic mass is 10.0. The molecule has 0 radical (unpaired) electrons. The number of hydrogen-bond acceptors (Lipinski definition) is 3. The molecule has 1 aromatic heterocycles. The van der Waals surface area contributed by atoms with E-state index in [-0.39, 0.29) is 23.2 Å². The second-order valence-corrected chi connectivity index (χ2v) is 6.60. The number of aryl methyl sites for hydroxylation is 1. The summed E-state index contributed by atoms with van der Waals surface area (Å²) in [4.78, 5) is 26.2. The van der Waals surface area contributed by atoms with Gasteiger partial charge in [0, 0.05) is 25.7 Å². The summed E-state index contributed by atoms with van der Waals surface area (Å²) in [5.74, 6) is 0.157. The average molecular weight is 330 g/mol. The largest absolute Gasteiger partial charge is 0.340 e. The second-order valence-electron chi connectivity index (χ2n) is 6.60. The molecule has 1 aromatic carbocycles.